The lowest BCUT2D eigenvalue weighted by atomic mass is 10.1. The molecule has 0 unspecified atom stereocenters. The van der Waals surface area contributed by atoms with Crippen LogP contribution in [0, 0.1) is 0 Å². The molecule has 2 rings (SSSR count). The number of anilines is 1. The number of alkyl halides is 6. The molecule has 0 bridgehead atoms. The predicted octanol–water partition coefficient (Wildman–Crippen LogP) is 6.76. The highest BCUT2D eigenvalue weighted by molar-refractivity contribution is 5.93. The molecule has 0 aliphatic rings. The third kappa shape index (κ3) is 7.04. The summed E-state index contributed by atoms with van der Waals surface area (Å²) in [6, 6.07) is 4.05. The van der Waals surface area contributed by atoms with Crippen molar-refractivity contribution in [2.75, 3.05) is 18.4 Å². The van der Waals surface area contributed by atoms with Crippen LogP contribution in [-0.4, -0.2) is 18.1 Å². The Bertz CT molecular complexity index is 802. The van der Waals surface area contributed by atoms with Crippen LogP contribution < -0.4 is 11.1 Å². The Hall–Kier alpha value is -2.03. The van der Waals surface area contributed by atoms with Crippen molar-refractivity contribution in [3.8, 4) is 0 Å². The maximum absolute atomic E-state index is 13.3. The van der Waals surface area contributed by atoms with E-state index in [4.69, 9.17) is 5.73 Å². The van der Waals surface area contributed by atoms with Gasteiger partial charge in [0.2, 0.25) is 0 Å². The van der Waals surface area contributed by atoms with Crippen molar-refractivity contribution in [3.05, 3.63) is 35.5 Å². The summed E-state index contributed by atoms with van der Waals surface area (Å²) in [4.78, 5) is 3.28. The van der Waals surface area contributed by atoms with Crippen molar-refractivity contribution in [3.63, 3.8) is 0 Å². The van der Waals surface area contributed by atoms with E-state index in [0.29, 0.717) is 19.5 Å². The monoisotopic (exact) mass is 435 g/mol. The van der Waals surface area contributed by atoms with Crippen molar-refractivity contribution in [1.82, 2.24) is 4.98 Å². The SMILES string of the molecule is NCCCCCCCCCCNc1cc(C(F)(F)F)nc2c(C(F)(F)F)cccc12. The highest BCUT2D eigenvalue weighted by atomic mass is 19.4. The molecule has 0 aliphatic carbocycles. The molecule has 1 aromatic heterocycles. The molecule has 30 heavy (non-hydrogen) atoms. The van der Waals surface area contributed by atoms with Gasteiger partial charge in [0, 0.05) is 17.6 Å². The van der Waals surface area contributed by atoms with Gasteiger partial charge in [0.05, 0.1) is 11.1 Å². The van der Waals surface area contributed by atoms with Gasteiger partial charge in [-0.3, -0.25) is 0 Å². The number of halogens is 6. The molecule has 2 aromatic rings. The molecule has 1 aromatic carbocycles. The number of para-hydroxylation sites is 1. The molecular formula is C21H27F6N3. The molecule has 168 valence electrons. The zero-order valence-corrected chi connectivity index (χ0v) is 16.7. The molecule has 9 heteroatoms. The standard InChI is InChI=1S/C21H27F6N3/c22-20(23,24)16-11-9-10-15-17(14-18(21(25,26)27)30-19(15)16)29-13-8-6-4-2-1-3-5-7-12-28/h9-11,14H,1-8,12-13,28H2,(H,29,30). The van der Waals surface area contributed by atoms with Gasteiger partial charge in [-0.25, -0.2) is 4.98 Å². The Balaban J connectivity index is 2.04. The first-order valence-corrected chi connectivity index (χ1v) is 10.2. The third-order valence-corrected chi connectivity index (χ3v) is 4.88. The summed E-state index contributed by atoms with van der Waals surface area (Å²) in [5.74, 6) is 0. The van der Waals surface area contributed by atoms with Crippen LogP contribution in [0.15, 0.2) is 24.3 Å². The van der Waals surface area contributed by atoms with Gasteiger partial charge in [-0.15, -0.1) is 0 Å². The fraction of sp³-hybridized carbons (Fsp3) is 0.571. The molecule has 0 saturated heterocycles. The number of pyridine rings is 1. The van der Waals surface area contributed by atoms with E-state index in [1.54, 1.807) is 0 Å². The average molecular weight is 435 g/mol. The third-order valence-electron chi connectivity index (χ3n) is 4.88. The second-order valence-electron chi connectivity index (χ2n) is 7.30. The molecule has 3 nitrogen and oxygen atoms in total. The topological polar surface area (TPSA) is 50.9 Å². The molecule has 0 aliphatic heterocycles. The van der Waals surface area contributed by atoms with E-state index in [0.717, 1.165) is 57.1 Å². The zero-order valence-electron chi connectivity index (χ0n) is 16.7. The summed E-state index contributed by atoms with van der Waals surface area (Å²) in [7, 11) is 0. The van der Waals surface area contributed by atoms with E-state index in [1.807, 2.05) is 0 Å². The molecule has 3 N–H and O–H groups in total. The van der Waals surface area contributed by atoms with Crippen molar-refractivity contribution in [2.45, 2.75) is 63.7 Å². The number of nitrogens with zero attached hydrogens (tertiary/aromatic N) is 1. The van der Waals surface area contributed by atoms with Crippen LogP contribution in [0.25, 0.3) is 10.9 Å². The lowest BCUT2D eigenvalue weighted by Gasteiger charge is -2.16. The largest absolute Gasteiger partial charge is 0.433 e. The van der Waals surface area contributed by atoms with Crippen molar-refractivity contribution >= 4 is 16.6 Å². The van der Waals surface area contributed by atoms with Gasteiger partial charge in [0.25, 0.3) is 0 Å². The van der Waals surface area contributed by atoms with E-state index >= 15 is 0 Å². The summed E-state index contributed by atoms with van der Waals surface area (Å²) >= 11 is 0. The van der Waals surface area contributed by atoms with Crippen LogP contribution in [-0.2, 0) is 12.4 Å². The number of fused-ring (bicyclic) bond motifs is 1. The van der Waals surface area contributed by atoms with Gasteiger partial charge in [-0.05, 0) is 31.5 Å². The molecule has 0 spiro atoms. The van der Waals surface area contributed by atoms with Crippen LogP contribution in [0.2, 0.25) is 0 Å². The average Bonchev–Trinajstić information content (AvgIpc) is 2.67. The lowest BCUT2D eigenvalue weighted by molar-refractivity contribution is -0.142. The van der Waals surface area contributed by atoms with E-state index in [9.17, 15) is 26.3 Å². The van der Waals surface area contributed by atoms with Crippen molar-refractivity contribution in [1.29, 1.82) is 0 Å². The maximum atomic E-state index is 13.3. The maximum Gasteiger partial charge on any atom is 0.433 e. The predicted molar refractivity (Wildman–Crippen MR) is 106 cm³/mol. The minimum absolute atomic E-state index is 0.0141. The number of hydrogen-bond acceptors (Lipinski definition) is 3. The highest BCUT2D eigenvalue weighted by Crippen LogP contribution is 2.39. The van der Waals surface area contributed by atoms with Crippen LogP contribution in [0.3, 0.4) is 0 Å². The molecule has 1 heterocycles. The second-order valence-corrected chi connectivity index (χ2v) is 7.30. The normalized spacial score (nSPS) is 12.5. The van der Waals surface area contributed by atoms with Gasteiger partial charge >= 0.3 is 12.4 Å². The summed E-state index contributed by atoms with van der Waals surface area (Å²) in [6.45, 7) is 1.08. The van der Waals surface area contributed by atoms with Gasteiger partial charge in [-0.1, -0.05) is 50.7 Å². The molecular weight excluding hydrogens is 408 g/mol. The molecule has 0 amide bonds. The zero-order chi connectivity index (χ0) is 22.2. The Morgan fingerprint density at radius 2 is 1.40 bits per heavy atom. The molecule has 0 fully saturated rings. The van der Waals surface area contributed by atoms with Crippen molar-refractivity contribution in [2.24, 2.45) is 5.73 Å². The van der Waals surface area contributed by atoms with E-state index in [2.05, 4.69) is 10.3 Å². The highest BCUT2D eigenvalue weighted by Gasteiger charge is 2.37. The number of rotatable bonds is 11. The first kappa shape index (κ1) is 24.2. The minimum Gasteiger partial charge on any atom is -0.384 e. The van der Waals surface area contributed by atoms with Crippen LogP contribution in [0.1, 0.15) is 62.6 Å². The Morgan fingerprint density at radius 1 is 0.800 bits per heavy atom. The lowest BCUT2D eigenvalue weighted by Crippen LogP contribution is -2.13. The first-order valence-electron chi connectivity index (χ1n) is 10.2. The molecule has 0 saturated carbocycles. The quantitative estimate of drug-likeness (QED) is 0.303. The summed E-state index contributed by atoms with van der Waals surface area (Å²) in [5, 5.41) is 2.90. The number of hydrogen-bond donors (Lipinski definition) is 2. The van der Waals surface area contributed by atoms with Crippen LogP contribution in [0.5, 0.6) is 0 Å². The number of unbranched alkanes of at least 4 members (excludes halogenated alkanes) is 7. The van der Waals surface area contributed by atoms with Crippen molar-refractivity contribution < 1.29 is 26.3 Å². The number of nitrogens with one attached hydrogen (secondary N) is 1. The van der Waals surface area contributed by atoms with E-state index in [-0.39, 0.29) is 11.1 Å². The molecule has 0 radical (unpaired) electrons. The van der Waals surface area contributed by atoms with Gasteiger partial charge in [0.15, 0.2) is 0 Å². The summed E-state index contributed by atoms with van der Waals surface area (Å²) in [5.41, 5.74) is 2.24. The Kier molecular flexibility index (Phi) is 8.76. The fourth-order valence-electron chi connectivity index (χ4n) is 3.32. The van der Waals surface area contributed by atoms with Gasteiger partial charge in [0.1, 0.15) is 5.69 Å². The summed E-state index contributed by atoms with van der Waals surface area (Å²) in [6.07, 6.45) is -1.53. The van der Waals surface area contributed by atoms with E-state index in [1.165, 1.54) is 12.1 Å². The minimum atomic E-state index is -4.84. The second kappa shape index (κ2) is 10.8. The first-order chi connectivity index (χ1) is 14.1. The van der Waals surface area contributed by atoms with Crippen LogP contribution in [0.4, 0.5) is 32.0 Å². The number of aromatic nitrogens is 1. The summed E-state index contributed by atoms with van der Waals surface area (Å²) < 4.78 is 79.3. The van der Waals surface area contributed by atoms with Gasteiger partial charge in [-0.2, -0.15) is 26.3 Å². The van der Waals surface area contributed by atoms with Gasteiger partial charge < -0.3 is 11.1 Å². The Morgan fingerprint density at radius 3 is 1.97 bits per heavy atom. The van der Waals surface area contributed by atoms with E-state index < -0.39 is 29.1 Å². The fourth-order valence-corrected chi connectivity index (χ4v) is 3.32. The molecule has 0 atom stereocenters. The smallest absolute Gasteiger partial charge is 0.384 e. The number of nitrogens with two attached hydrogens (primary N) is 1. The number of benzene rings is 1. The van der Waals surface area contributed by atoms with Crippen LogP contribution >= 0.6 is 0 Å². The Labute approximate surface area is 172 Å².